The van der Waals surface area contributed by atoms with Gasteiger partial charge in [0.25, 0.3) is 0 Å². The summed E-state index contributed by atoms with van der Waals surface area (Å²) in [5.74, 6) is 0.655. The number of ether oxygens (including phenoxy) is 2. The Hall–Kier alpha value is -2.49. The van der Waals surface area contributed by atoms with Crippen LogP contribution in [0.1, 0.15) is 24.8 Å². The second kappa shape index (κ2) is 6.98. The zero-order valence-electron chi connectivity index (χ0n) is 13.0. The monoisotopic (exact) mass is 300 g/mol. The van der Waals surface area contributed by atoms with E-state index in [9.17, 15) is 4.79 Å². The van der Waals surface area contributed by atoms with Gasteiger partial charge in [0, 0.05) is 5.56 Å². The maximum atomic E-state index is 10.9. The lowest BCUT2D eigenvalue weighted by molar-refractivity contribution is -0.137. The Morgan fingerprint density at radius 3 is 2.55 bits per heavy atom. The highest BCUT2D eigenvalue weighted by atomic mass is 16.5. The van der Waals surface area contributed by atoms with Crippen molar-refractivity contribution in [3.63, 3.8) is 0 Å². The van der Waals surface area contributed by atoms with Gasteiger partial charge in [-0.3, -0.25) is 4.79 Å². The van der Waals surface area contributed by atoms with E-state index in [2.05, 4.69) is 0 Å². The molecule has 2 aromatic rings. The number of carboxylic acid groups (broad SMARTS) is 1. The van der Waals surface area contributed by atoms with Crippen LogP contribution in [0, 0.1) is 0 Å². The third-order valence-electron chi connectivity index (χ3n) is 3.65. The van der Waals surface area contributed by atoms with Crippen molar-refractivity contribution in [3.05, 3.63) is 48.0 Å². The first kappa shape index (κ1) is 15.9. The molecule has 1 unspecified atom stereocenters. The molecular formula is C18H20O4. The van der Waals surface area contributed by atoms with Gasteiger partial charge < -0.3 is 14.6 Å². The van der Waals surface area contributed by atoms with Crippen LogP contribution in [0.3, 0.4) is 0 Å². The van der Waals surface area contributed by atoms with E-state index < -0.39 is 5.97 Å². The van der Waals surface area contributed by atoms with Gasteiger partial charge in [0.05, 0.1) is 20.6 Å². The SMILES string of the molecule is COc1cccc(-c2cc(C(C)CC(=O)O)ccc2OC)c1. The number of carbonyl (C=O) groups is 1. The Morgan fingerprint density at radius 1 is 1.14 bits per heavy atom. The number of hydrogen-bond donors (Lipinski definition) is 1. The second-order valence-electron chi connectivity index (χ2n) is 5.19. The van der Waals surface area contributed by atoms with Crippen molar-refractivity contribution in [1.29, 1.82) is 0 Å². The fourth-order valence-electron chi connectivity index (χ4n) is 2.43. The van der Waals surface area contributed by atoms with Crippen molar-refractivity contribution >= 4 is 5.97 Å². The lowest BCUT2D eigenvalue weighted by Crippen LogP contribution is -2.03. The van der Waals surface area contributed by atoms with Gasteiger partial charge >= 0.3 is 5.97 Å². The quantitative estimate of drug-likeness (QED) is 0.877. The number of carboxylic acids is 1. The van der Waals surface area contributed by atoms with Crippen LogP contribution in [0.25, 0.3) is 11.1 Å². The number of rotatable bonds is 6. The van der Waals surface area contributed by atoms with E-state index in [0.29, 0.717) is 0 Å². The summed E-state index contributed by atoms with van der Waals surface area (Å²) < 4.78 is 10.7. The summed E-state index contributed by atoms with van der Waals surface area (Å²) in [6.07, 6.45) is 0.101. The van der Waals surface area contributed by atoms with Crippen molar-refractivity contribution in [3.8, 4) is 22.6 Å². The summed E-state index contributed by atoms with van der Waals surface area (Å²) in [6.45, 7) is 1.91. The normalized spacial score (nSPS) is 11.8. The van der Waals surface area contributed by atoms with Crippen molar-refractivity contribution in [2.45, 2.75) is 19.3 Å². The number of hydrogen-bond acceptors (Lipinski definition) is 3. The summed E-state index contributed by atoms with van der Waals surface area (Å²) in [5, 5.41) is 8.96. The van der Waals surface area contributed by atoms with Gasteiger partial charge in [0.15, 0.2) is 0 Å². The van der Waals surface area contributed by atoms with E-state index in [1.165, 1.54) is 0 Å². The van der Waals surface area contributed by atoms with Gasteiger partial charge in [-0.15, -0.1) is 0 Å². The van der Waals surface area contributed by atoms with E-state index >= 15 is 0 Å². The number of methoxy groups -OCH3 is 2. The Morgan fingerprint density at radius 2 is 1.91 bits per heavy atom. The molecule has 0 bridgehead atoms. The summed E-state index contributed by atoms with van der Waals surface area (Å²) in [7, 11) is 3.25. The van der Waals surface area contributed by atoms with Crippen molar-refractivity contribution in [1.82, 2.24) is 0 Å². The molecule has 22 heavy (non-hydrogen) atoms. The first-order chi connectivity index (χ1) is 10.5. The summed E-state index contributed by atoms with van der Waals surface area (Å²) in [6, 6.07) is 13.5. The minimum atomic E-state index is -0.800. The van der Waals surface area contributed by atoms with Crippen LogP contribution in [0.4, 0.5) is 0 Å². The molecule has 1 N–H and O–H groups in total. The van der Waals surface area contributed by atoms with Crippen LogP contribution in [-0.4, -0.2) is 25.3 Å². The largest absolute Gasteiger partial charge is 0.497 e. The van der Waals surface area contributed by atoms with Crippen LogP contribution in [-0.2, 0) is 4.79 Å². The summed E-state index contributed by atoms with van der Waals surface area (Å²) >= 11 is 0. The molecule has 0 aliphatic heterocycles. The highest BCUT2D eigenvalue weighted by Crippen LogP contribution is 2.35. The Labute approximate surface area is 130 Å². The van der Waals surface area contributed by atoms with Gasteiger partial charge in [0.1, 0.15) is 11.5 Å². The highest BCUT2D eigenvalue weighted by molar-refractivity contribution is 5.73. The van der Waals surface area contributed by atoms with Crippen LogP contribution in [0.2, 0.25) is 0 Å². The Kier molecular flexibility index (Phi) is 5.04. The fraction of sp³-hybridized carbons (Fsp3) is 0.278. The van der Waals surface area contributed by atoms with Crippen LogP contribution < -0.4 is 9.47 Å². The van der Waals surface area contributed by atoms with Crippen molar-refractivity contribution in [2.24, 2.45) is 0 Å². The summed E-state index contributed by atoms with van der Waals surface area (Å²) in [4.78, 5) is 10.9. The molecule has 2 aromatic carbocycles. The zero-order chi connectivity index (χ0) is 16.1. The molecule has 0 saturated carbocycles. The predicted octanol–water partition coefficient (Wildman–Crippen LogP) is 3.95. The molecule has 4 nitrogen and oxygen atoms in total. The number of aliphatic carboxylic acids is 1. The number of benzene rings is 2. The molecule has 0 spiro atoms. The Balaban J connectivity index is 2.45. The van der Waals surface area contributed by atoms with Gasteiger partial charge in [0.2, 0.25) is 0 Å². The van der Waals surface area contributed by atoms with E-state index in [-0.39, 0.29) is 12.3 Å². The van der Waals surface area contributed by atoms with Gasteiger partial charge in [-0.1, -0.05) is 25.1 Å². The molecule has 0 saturated heterocycles. The van der Waals surface area contributed by atoms with E-state index in [1.54, 1.807) is 14.2 Å². The minimum absolute atomic E-state index is 0.0623. The van der Waals surface area contributed by atoms with E-state index in [4.69, 9.17) is 14.6 Å². The molecule has 0 amide bonds. The average molecular weight is 300 g/mol. The first-order valence-corrected chi connectivity index (χ1v) is 7.09. The molecule has 0 aromatic heterocycles. The third kappa shape index (κ3) is 3.58. The van der Waals surface area contributed by atoms with E-state index in [1.807, 2.05) is 49.4 Å². The lowest BCUT2D eigenvalue weighted by Gasteiger charge is -2.15. The molecule has 0 radical (unpaired) electrons. The molecule has 1 atom stereocenters. The topological polar surface area (TPSA) is 55.8 Å². The van der Waals surface area contributed by atoms with Gasteiger partial charge in [-0.2, -0.15) is 0 Å². The molecule has 2 rings (SSSR count). The summed E-state index contributed by atoms with van der Waals surface area (Å²) in [5.41, 5.74) is 2.87. The van der Waals surface area contributed by atoms with Gasteiger partial charge in [-0.25, -0.2) is 0 Å². The molecule has 0 aliphatic rings. The van der Waals surface area contributed by atoms with E-state index in [0.717, 1.165) is 28.2 Å². The zero-order valence-corrected chi connectivity index (χ0v) is 13.0. The van der Waals surface area contributed by atoms with Crippen molar-refractivity contribution < 1.29 is 19.4 Å². The first-order valence-electron chi connectivity index (χ1n) is 7.09. The fourth-order valence-corrected chi connectivity index (χ4v) is 2.43. The molecule has 0 fully saturated rings. The Bertz CT molecular complexity index is 664. The predicted molar refractivity (Wildman–Crippen MR) is 85.6 cm³/mol. The van der Waals surface area contributed by atoms with Crippen molar-refractivity contribution in [2.75, 3.05) is 14.2 Å². The highest BCUT2D eigenvalue weighted by Gasteiger charge is 2.14. The minimum Gasteiger partial charge on any atom is -0.497 e. The van der Waals surface area contributed by atoms with Gasteiger partial charge in [-0.05, 0) is 41.3 Å². The maximum Gasteiger partial charge on any atom is 0.303 e. The maximum absolute atomic E-state index is 10.9. The third-order valence-corrected chi connectivity index (χ3v) is 3.65. The average Bonchev–Trinajstić information content (AvgIpc) is 2.53. The molecule has 0 heterocycles. The van der Waals surface area contributed by atoms with Crippen LogP contribution in [0.15, 0.2) is 42.5 Å². The smallest absolute Gasteiger partial charge is 0.303 e. The molecule has 0 aliphatic carbocycles. The standard InChI is InChI=1S/C18H20O4/c1-12(9-18(19)20)13-7-8-17(22-3)16(11-13)14-5-4-6-15(10-14)21-2/h4-8,10-12H,9H2,1-3H3,(H,19,20). The molecule has 4 heteroatoms. The van der Waals surface area contributed by atoms with Crippen LogP contribution in [0.5, 0.6) is 11.5 Å². The molecule has 116 valence electrons. The second-order valence-corrected chi connectivity index (χ2v) is 5.19. The van der Waals surface area contributed by atoms with Crippen LogP contribution >= 0.6 is 0 Å². The molecular weight excluding hydrogens is 280 g/mol. The lowest BCUT2D eigenvalue weighted by atomic mass is 9.93.